The van der Waals surface area contributed by atoms with E-state index in [4.69, 9.17) is 9.68 Å². The van der Waals surface area contributed by atoms with Crippen LogP contribution in [0.25, 0.3) is 6.08 Å². The predicted octanol–water partition coefficient (Wildman–Crippen LogP) is 1.84. The SMILES string of the molecule is CS(=O)(=O)c1nsc(NC(=O)/C(C#N)=C\c2ccc(Br)o2)n1. The van der Waals surface area contributed by atoms with Crippen molar-refractivity contribution in [3.8, 4) is 6.07 Å². The molecule has 2 aromatic heterocycles. The molecule has 0 spiro atoms. The maximum atomic E-state index is 11.9. The summed E-state index contributed by atoms with van der Waals surface area (Å²) in [6.07, 6.45) is 2.20. The van der Waals surface area contributed by atoms with Gasteiger partial charge in [-0.1, -0.05) is 0 Å². The second-order valence-corrected chi connectivity index (χ2v) is 7.36. The smallest absolute Gasteiger partial charge is 0.268 e. The van der Waals surface area contributed by atoms with Gasteiger partial charge in [-0.3, -0.25) is 10.1 Å². The number of rotatable bonds is 4. The van der Waals surface area contributed by atoms with Crippen LogP contribution in [0.4, 0.5) is 5.13 Å². The summed E-state index contributed by atoms with van der Waals surface area (Å²) in [7, 11) is -3.55. The van der Waals surface area contributed by atoms with Crippen molar-refractivity contribution in [1.29, 1.82) is 5.26 Å². The molecule has 11 heteroatoms. The molecule has 0 unspecified atom stereocenters. The number of halogens is 1. The van der Waals surface area contributed by atoms with Gasteiger partial charge in [0.1, 0.15) is 17.4 Å². The second-order valence-electron chi connectivity index (χ2n) is 3.92. The fourth-order valence-electron chi connectivity index (χ4n) is 1.27. The summed E-state index contributed by atoms with van der Waals surface area (Å²) in [6.45, 7) is 0. The van der Waals surface area contributed by atoms with Crippen LogP contribution in [0.5, 0.6) is 0 Å². The largest absolute Gasteiger partial charge is 0.450 e. The van der Waals surface area contributed by atoms with Gasteiger partial charge < -0.3 is 4.42 Å². The molecule has 8 nitrogen and oxygen atoms in total. The molecule has 0 saturated heterocycles. The molecule has 0 saturated carbocycles. The minimum atomic E-state index is -3.55. The van der Waals surface area contributed by atoms with Crippen molar-refractivity contribution in [1.82, 2.24) is 9.36 Å². The minimum absolute atomic E-state index is 0.0211. The summed E-state index contributed by atoms with van der Waals surface area (Å²) < 4.78 is 31.7. The van der Waals surface area contributed by atoms with E-state index in [-0.39, 0.29) is 15.9 Å². The molecule has 1 N–H and O–H groups in total. The van der Waals surface area contributed by atoms with Crippen molar-refractivity contribution >= 4 is 54.4 Å². The minimum Gasteiger partial charge on any atom is -0.450 e. The standard InChI is InChI=1S/C11H7BrN4O4S2/c1-22(18,19)11-15-10(21-16-11)14-9(17)6(5-13)4-7-2-3-8(12)20-7/h2-4H,1H3,(H,14,15,16,17)/b6-4-. The average Bonchev–Trinajstić information content (AvgIpc) is 3.04. The number of aromatic nitrogens is 2. The van der Waals surface area contributed by atoms with Crippen LogP contribution in [0.3, 0.4) is 0 Å². The molecule has 22 heavy (non-hydrogen) atoms. The van der Waals surface area contributed by atoms with Gasteiger partial charge in [-0.15, -0.1) is 0 Å². The molecule has 0 aliphatic rings. The summed E-state index contributed by atoms with van der Waals surface area (Å²) >= 11 is 3.81. The van der Waals surface area contributed by atoms with Crippen molar-refractivity contribution in [2.24, 2.45) is 0 Å². The lowest BCUT2D eigenvalue weighted by atomic mass is 10.2. The highest BCUT2D eigenvalue weighted by molar-refractivity contribution is 9.10. The first-order valence-corrected chi connectivity index (χ1v) is 8.97. The van der Waals surface area contributed by atoms with Gasteiger partial charge in [-0.05, 0) is 28.1 Å². The summed E-state index contributed by atoms with van der Waals surface area (Å²) in [5.74, 6) is -0.432. The van der Waals surface area contributed by atoms with Crippen molar-refractivity contribution in [3.05, 3.63) is 28.1 Å². The number of nitrogens with zero attached hydrogens (tertiary/aromatic N) is 3. The number of hydrogen-bond acceptors (Lipinski definition) is 8. The zero-order chi connectivity index (χ0) is 16.3. The fourth-order valence-corrected chi connectivity index (χ4v) is 3.03. The van der Waals surface area contributed by atoms with Crippen LogP contribution < -0.4 is 5.32 Å². The third kappa shape index (κ3) is 4.00. The van der Waals surface area contributed by atoms with Gasteiger partial charge in [-0.25, -0.2) is 8.42 Å². The number of amides is 1. The number of nitriles is 1. The summed E-state index contributed by atoms with van der Waals surface area (Å²) in [4.78, 5) is 15.6. The van der Waals surface area contributed by atoms with Gasteiger partial charge in [0, 0.05) is 23.9 Å². The Morgan fingerprint density at radius 1 is 1.55 bits per heavy atom. The third-order valence-electron chi connectivity index (χ3n) is 2.21. The Morgan fingerprint density at radius 3 is 2.77 bits per heavy atom. The van der Waals surface area contributed by atoms with Gasteiger partial charge in [-0.2, -0.15) is 14.6 Å². The normalized spacial score (nSPS) is 12.0. The van der Waals surface area contributed by atoms with E-state index in [1.165, 1.54) is 6.08 Å². The van der Waals surface area contributed by atoms with Crippen molar-refractivity contribution in [2.75, 3.05) is 11.6 Å². The first-order valence-electron chi connectivity index (χ1n) is 5.52. The Bertz CT molecular complexity index is 891. The lowest BCUT2D eigenvalue weighted by Gasteiger charge is -1.98. The first kappa shape index (κ1) is 16.3. The molecule has 0 aliphatic heterocycles. The van der Waals surface area contributed by atoms with Gasteiger partial charge in [0.25, 0.3) is 11.1 Å². The van der Waals surface area contributed by atoms with Crippen LogP contribution in [0.1, 0.15) is 5.76 Å². The van der Waals surface area contributed by atoms with Crippen LogP contribution in [-0.2, 0) is 14.6 Å². The third-order valence-corrected chi connectivity index (χ3v) is 4.22. The van der Waals surface area contributed by atoms with E-state index in [0.717, 1.165) is 6.26 Å². The molecule has 2 rings (SSSR count). The molecule has 2 heterocycles. The van der Waals surface area contributed by atoms with E-state index in [2.05, 4.69) is 30.6 Å². The van der Waals surface area contributed by atoms with Gasteiger partial charge in [0.05, 0.1) is 0 Å². The maximum Gasteiger partial charge on any atom is 0.268 e. The molecular weight excluding hydrogens is 396 g/mol. The van der Waals surface area contributed by atoms with Gasteiger partial charge in [0.15, 0.2) is 4.67 Å². The Balaban J connectivity index is 2.18. The first-order chi connectivity index (χ1) is 10.3. The Labute approximate surface area is 137 Å². The molecule has 0 fully saturated rings. The van der Waals surface area contributed by atoms with Gasteiger partial charge >= 0.3 is 0 Å². The topological polar surface area (TPSA) is 126 Å². The number of carbonyl (C=O) groups excluding carboxylic acids is 1. The predicted molar refractivity (Wildman–Crippen MR) is 81.6 cm³/mol. The molecule has 0 atom stereocenters. The second kappa shape index (κ2) is 6.39. The van der Waals surface area contributed by atoms with Gasteiger partial charge in [0.2, 0.25) is 15.0 Å². The highest BCUT2D eigenvalue weighted by atomic mass is 79.9. The Hall–Kier alpha value is -2.03. The molecule has 0 bridgehead atoms. The number of nitrogens with one attached hydrogen (secondary N) is 1. The monoisotopic (exact) mass is 402 g/mol. The highest BCUT2D eigenvalue weighted by Gasteiger charge is 2.17. The number of hydrogen-bond donors (Lipinski definition) is 1. The Morgan fingerprint density at radius 2 is 2.27 bits per heavy atom. The molecule has 0 radical (unpaired) electrons. The quantitative estimate of drug-likeness (QED) is 0.610. The van der Waals surface area contributed by atoms with Crippen LogP contribution in [0, 0.1) is 11.3 Å². The average molecular weight is 403 g/mol. The van der Waals surface area contributed by atoms with E-state index < -0.39 is 15.7 Å². The molecule has 0 aliphatic carbocycles. The Kier molecular flexibility index (Phi) is 4.74. The molecule has 0 aromatic carbocycles. The van der Waals surface area contributed by atoms with Crippen molar-refractivity contribution < 1.29 is 17.6 Å². The number of anilines is 1. The summed E-state index contributed by atoms with van der Waals surface area (Å²) in [5, 5.41) is 10.9. The van der Waals surface area contributed by atoms with E-state index in [0.29, 0.717) is 22.0 Å². The summed E-state index contributed by atoms with van der Waals surface area (Å²) in [6, 6.07) is 4.91. The fraction of sp³-hybridized carbons (Fsp3) is 0.0909. The van der Waals surface area contributed by atoms with Crippen LogP contribution in [0.2, 0.25) is 0 Å². The lowest BCUT2D eigenvalue weighted by molar-refractivity contribution is -0.112. The van der Waals surface area contributed by atoms with Crippen LogP contribution in [0.15, 0.2) is 31.9 Å². The van der Waals surface area contributed by atoms with E-state index in [9.17, 15) is 13.2 Å². The van der Waals surface area contributed by atoms with Crippen molar-refractivity contribution in [2.45, 2.75) is 5.16 Å². The van der Waals surface area contributed by atoms with Crippen LogP contribution >= 0.6 is 27.5 Å². The molecule has 2 aromatic rings. The number of sulfone groups is 1. The molecule has 114 valence electrons. The number of furan rings is 1. The van der Waals surface area contributed by atoms with E-state index in [1.807, 2.05) is 0 Å². The maximum absolute atomic E-state index is 11.9. The number of carbonyl (C=O) groups is 1. The zero-order valence-corrected chi connectivity index (χ0v) is 14.1. The lowest BCUT2D eigenvalue weighted by Crippen LogP contribution is -2.13. The zero-order valence-electron chi connectivity index (χ0n) is 10.9. The van der Waals surface area contributed by atoms with Crippen molar-refractivity contribution in [3.63, 3.8) is 0 Å². The molecular formula is C11H7BrN4O4S2. The van der Waals surface area contributed by atoms with E-state index >= 15 is 0 Å². The van der Waals surface area contributed by atoms with E-state index in [1.54, 1.807) is 18.2 Å². The highest BCUT2D eigenvalue weighted by Crippen LogP contribution is 2.18. The molecule has 1 amide bonds. The van der Waals surface area contributed by atoms with Crippen LogP contribution in [-0.4, -0.2) is 29.9 Å². The summed E-state index contributed by atoms with van der Waals surface area (Å²) in [5.41, 5.74) is -0.224.